The van der Waals surface area contributed by atoms with Crippen molar-refractivity contribution in [1.29, 1.82) is 0 Å². The Balaban J connectivity index is 1.71. The number of methoxy groups -OCH3 is 1. The minimum Gasteiger partial charge on any atom is -0.497 e. The molecule has 1 fully saturated rings. The van der Waals surface area contributed by atoms with Gasteiger partial charge in [-0.05, 0) is 62.4 Å². The van der Waals surface area contributed by atoms with E-state index in [0.717, 1.165) is 47.9 Å². The van der Waals surface area contributed by atoms with Gasteiger partial charge in [0.25, 0.3) is 0 Å². The van der Waals surface area contributed by atoms with Gasteiger partial charge < -0.3 is 19.7 Å². The molecule has 2 aromatic carbocycles. The van der Waals surface area contributed by atoms with E-state index in [1.807, 2.05) is 31.3 Å². The molecule has 5 heteroatoms. The summed E-state index contributed by atoms with van der Waals surface area (Å²) in [6, 6.07) is 16.6. The quantitative estimate of drug-likeness (QED) is 0.628. The molecular weight excluding hydrogens is 350 g/mol. The highest BCUT2D eigenvalue weighted by atomic mass is 16.5. The van der Waals surface area contributed by atoms with Crippen molar-refractivity contribution in [2.75, 3.05) is 45.3 Å². The van der Waals surface area contributed by atoms with Crippen molar-refractivity contribution in [2.24, 2.45) is 0 Å². The van der Waals surface area contributed by atoms with E-state index in [1.54, 1.807) is 7.11 Å². The predicted octanol–water partition coefficient (Wildman–Crippen LogP) is 4.11. The zero-order valence-electron chi connectivity index (χ0n) is 16.6. The number of nitrogens with one attached hydrogen (secondary N) is 1. The number of pyridine rings is 1. The normalized spacial score (nSPS) is 13.9. The van der Waals surface area contributed by atoms with Gasteiger partial charge in [0.2, 0.25) is 0 Å². The van der Waals surface area contributed by atoms with Crippen LogP contribution in [0.25, 0.3) is 22.2 Å². The van der Waals surface area contributed by atoms with E-state index in [1.165, 1.54) is 23.9 Å². The van der Waals surface area contributed by atoms with Crippen LogP contribution in [0.2, 0.25) is 0 Å². The molecule has 2 heterocycles. The second-order valence-corrected chi connectivity index (χ2v) is 7.08. The van der Waals surface area contributed by atoms with Crippen LogP contribution < -0.4 is 19.7 Å². The molecule has 4 rings (SSSR count). The molecule has 0 amide bonds. The lowest BCUT2D eigenvalue weighted by atomic mass is 10.1. The summed E-state index contributed by atoms with van der Waals surface area (Å²) in [5.41, 5.74) is 4.29. The van der Waals surface area contributed by atoms with E-state index in [4.69, 9.17) is 14.5 Å². The average Bonchev–Trinajstić information content (AvgIpc) is 3.28. The van der Waals surface area contributed by atoms with E-state index in [2.05, 4.69) is 34.5 Å². The third-order valence-electron chi connectivity index (χ3n) is 5.21. The molecule has 0 spiro atoms. The summed E-state index contributed by atoms with van der Waals surface area (Å²) >= 11 is 0. The largest absolute Gasteiger partial charge is 0.497 e. The van der Waals surface area contributed by atoms with Crippen LogP contribution in [0.3, 0.4) is 0 Å². The summed E-state index contributed by atoms with van der Waals surface area (Å²) < 4.78 is 11.2. The van der Waals surface area contributed by atoms with Gasteiger partial charge in [-0.1, -0.05) is 0 Å². The third kappa shape index (κ3) is 3.90. The fourth-order valence-corrected chi connectivity index (χ4v) is 3.68. The van der Waals surface area contributed by atoms with Crippen molar-refractivity contribution in [3.05, 3.63) is 48.5 Å². The summed E-state index contributed by atoms with van der Waals surface area (Å²) in [5, 5.41) is 4.26. The fourth-order valence-electron chi connectivity index (χ4n) is 3.68. The Bertz CT molecular complexity index is 934. The van der Waals surface area contributed by atoms with Gasteiger partial charge in [-0.2, -0.15) is 0 Å². The summed E-state index contributed by atoms with van der Waals surface area (Å²) in [6.45, 7) is 3.68. The van der Waals surface area contributed by atoms with Gasteiger partial charge in [0, 0.05) is 42.3 Å². The highest BCUT2D eigenvalue weighted by Gasteiger charge is 2.17. The molecule has 1 saturated heterocycles. The molecule has 0 atom stereocenters. The first-order chi connectivity index (χ1) is 13.8. The number of anilines is 1. The molecule has 1 aliphatic rings. The Labute approximate surface area is 166 Å². The van der Waals surface area contributed by atoms with Crippen LogP contribution >= 0.6 is 0 Å². The van der Waals surface area contributed by atoms with Crippen LogP contribution in [-0.2, 0) is 0 Å². The first-order valence-electron chi connectivity index (χ1n) is 9.90. The number of fused-ring (bicyclic) bond motifs is 1. The number of likely N-dealkylation sites (N-methyl/N-ethyl adjacent to an activating group) is 1. The van der Waals surface area contributed by atoms with E-state index in [-0.39, 0.29) is 0 Å². The third-order valence-corrected chi connectivity index (χ3v) is 5.21. The maximum Gasteiger partial charge on any atom is 0.121 e. The van der Waals surface area contributed by atoms with Gasteiger partial charge in [0.05, 0.1) is 18.3 Å². The monoisotopic (exact) mass is 377 g/mol. The lowest BCUT2D eigenvalue weighted by Gasteiger charge is -2.21. The first-order valence-corrected chi connectivity index (χ1v) is 9.90. The highest BCUT2D eigenvalue weighted by Crippen LogP contribution is 2.34. The second kappa shape index (κ2) is 8.48. The summed E-state index contributed by atoms with van der Waals surface area (Å²) in [6.07, 6.45) is 2.49. The van der Waals surface area contributed by atoms with Crippen LogP contribution in [0, 0.1) is 0 Å². The van der Waals surface area contributed by atoms with E-state index < -0.39 is 0 Å². The van der Waals surface area contributed by atoms with Gasteiger partial charge in [-0.3, -0.25) is 0 Å². The molecule has 5 nitrogen and oxygen atoms in total. The van der Waals surface area contributed by atoms with Gasteiger partial charge in [-0.15, -0.1) is 0 Å². The van der Waals surface area contributed by atoms with Crippen LogP contribution in [-0.4, -0.2) is 45.4 Å². The minimum atomic E-state index is 0.656. The highest BCUT2D eigenvalue weighted by molar-refractivity contribution is 5.95. The SMILES string of the molecule is CNCCOc1ccc(-c2cc(N3CCCC3)c3ccc(OC)cc3n2)cc1. The number of benzene rings is 2. The van der Waals surface area contributed by atoms with Crippen molar-refractivity contribution in [1.82, 2.24) is 10.3 Å². The Morgan fingerprint density at radius 1 is 1.00 bits per heavy atom. The van der Waals surface area contributed by atoms with Gasteiger partial charge in [-0.25, -0.2) is 4.98 Å². The maximum absolute atomic E-state index is 5.74. The smallest absolute Gasteiger partial charge is 0.121 e. The Hall–Kier alpha value is -2.79. The van der Waals surface area contributed by atoms with E-state index in [0.29, 0.717) is 6.61 Å². The predicted molar refractivity (Wildman–Crippen MR) is 115 cm³/mol. The zero-order chi connectivity index (χ0) is 19.3. The number of aromatic nitrogens is 1. The average molecular weight is 377 g/mol. The molecule has 0 unspecified atom stereocenters. The Morgan fingerprint density at radius 2 is 1.75 bits per heavy atom. The molecule has 1 N–H and O–H groups in total. The standard InChI is InChI=1S/C23H27N3O2/c1-24-11-14-28-18-7-5-17(6-8-18)21-16-23(26-12-3-4-13-26)20-10-9-19(27-2)15-22(20)25-21/h5-10,15-16,24H,3-4,11-14H2,1-2H3. The number of hydrogen-bond acceptors (Lipinski definition) is 5. The number of hydrogen-bond donors (Lipinski definition) is 1. The molecule has 28 heavy (non-hydrogen) atoms. The molecule has 0 aliphatic carbocycles. The minimum absolute atomic E-state index is 0.656. The molecule has 1 aliphatic heterocycles. The molecular formula is C23H27N3O2. The first kappa shape index (κ1) is 18.6. The van der Waals surface area contributed by atoms with Gasteiger partial charge in [0.1, 0.15) is 18.1 Å². The van der Waals surface area contributed by atoms with E-state index in [9.17, 15) is 0 Å². The summed E-state index contributed by atoms with van der Waals surface area (Å²) in [4.78, 5) is 7.40. The van der Waals surface area contributed by atoms with Crippen LogP contribution in [0.15, 0.2) is 48.5 Å². The fraction of sp³-hybridized carbons (Fsp3) is 0.348. The topological polar surface area (TPSA) is 46.6 Å². The Kier molecular flexibility index (Phi) is 5.63. The number of ether oxygens (including phenoxy) is 2. The van der Waals surface area contributed by atoms with Crippen molar-refractivity contribution >= 4 is 16.6 Å². The van der Waals surface area contributed by atoms with Crippen molar-refractivity contribution in [3.8, 4) is 22.8 Å². The molecule has 3 aromatic rings. The zero-order valence-corrected chi connectivity index (χ0v) is 16.6. The molecule has 1 aromatic heterocycles. The molecule has 146 valence electrons. The van der Waals surface area contributed by atoms with Crippen LogP contribution in [0.4, 0.5) is 5.69 Å². The lowest BCUT2D eigenvalue weighted by Crippen LogP contribution is -2.18. The molecule has 0 bridgehead atoms. The molecule has 0 radical (unpaired) electrons. The van der Waals surface area contributed by atoms with Crippen molar-refractivity contribution in [2.45, 2.75) is 12.8 Å². The van der Waals surface area contributed by atoms with Crippen molar-refractivity contribution < 1.29 is 9.47 Å². The number of rotatable bonds is 7. The lowest BCUT2D eigenvalue weighted by molar-refractivity contribution is 0.318. The van der Waals surface area contributed by atoms with Crippen molar-refractivity contribution in [3.63, 3.8) is 0 Å². The Morgan fingerprint density at radius 3 is 2.46 bits per heavy atom. The van der Waals surface area contributed by atoms with E-state index >= 15 is 0 Å². The summed E-state index contributed by atoms with van der Waals surface area (Å²) in [7, 11) is 3.62. The summed E-state index contributed by atoms with van der Waals surface area (Å²) in [5.74, 6) is 1.71. The van der Waals surface area contributed by atoms with Gasteiger partial charge in [0.15, 0.2) is 0 Å². The maximum atomic E-state index is 5.74. The molecule has 0 saturated carbocycles. The van der Waals surface area contributed by atoms with Gasteiger partial charge >= 0.3 is 0 Å². The van der Waals surface area contributed by atoms with Crippen LogP contribution in [0.1, 0.15) is 12.8 Å². The number of nitrogens with zero attached hydrogens (tertiary/aromatic N) is 2. The van der Waals surface area contributed by atoms with Crippen LogP contribution in [0.5, 0.6) is 11.5 Å². The second-order valence-electron chi connectivity index (χ2n) is 7.08.